The summed E-state index contributed by atoms with van der Waals surface area (Å²) in [4.78, 5) is 24.4. The zero-order valence-electron chi connectivity index (χ0n) is 11.7. The predicted molar refractivity (Wildman–Crippen MR) is 75.4 cm³/mol. The molecule has 1 heterocycles. The first kappa shape index (κ1) is 15.3. The van der Waals surface area contributed by atoms with Crippen LogP contribution in [-0.4, -0.2) is 41.6 Å². The standard InChI is InChI=1S/C15H19FN2O3/c16-13-3-1-11(2-4-13)5-8-17-15(21)18-9-6-12(7-10-18)14(19)20/h1-4,12H,5-10H2,(H,17,21)(H,19,20). The van der Waals surface area contributed by atoms with Crippen LogP contribution in [-0.2, 0) is 11.2 Å². The number of hydrogen-bond acceptors (Lipinski definition) is 2. The van der Waals surface area contributed by atoms with Crippen molar-refractivity contribution in [3.8, 4) is 0 Å². The first-order chi connectivity index (χ1) is 10.1. The van der Waals surface area contributed by atoms with Gasteiger partial charge < -0.3 is 15.3 Å². The number of carboxylic acid groups (broad SMARTS) is 1. The minimum absolute atomic E-state index is 0.166. The van der Waals surface area contributed by atoms with E-state index in [9.17, 15) is 14.0 Å². The SMILES string of the molecule is O=C(O)C1CCN(C(=O)NCCc2ccc(F)cc2)CC1. The molecule has 1 saturated heterocycles. The van der Waals surface area contributed by atoms with Crippen molar-refractivity contribution < 1.29 is 19.1 Å². The van der Waals surface area contributed by atoms with Crippen LogP contribution in [0.15, 0.2) is 24.3 Å². The van der Waals surface area contributed by atoms with E-state index in [0.29, 0.717) is 38.9 Å². The lowest BCUT2D eigenvalue weighted by molar-refractivity contribution is -0.143. The smallest absolute Gasteiger partial charge is 0.317 e. The van der Waals surface area contributed by atoms with Gasteiger partial charge in [-0.25, -0.2) is 9.18 Å². The molecule has 1 aromatic carbocycles. The highest BCUT2D eigenvalue weighted by atomic mass is 19.1. The summed E-state index contributed by atoms with van der Waals surface area (Å²) >= 11 is 0. The zero-order chi connectivity index (χ0) is 15.2. The highest BCUT2D eigenvalue weighted by molar-refractivity contribution is 5.75. The van der Waals surface area contributed by atoms with Gasteiger partial charge in [0.25, 0.3) is 0 Å². The molecule has 2 rings (SSSR count). The lowest BCUT2D eigenvalue weighted by Crippen LogP contribution is -2.45. The Morgan fingerprint density at radius 1 is 1.24 bits per heavy atom. The lowest BCUT2D eigenvalue weighted by atomic mass is 9.97. The summed E-state index contributed by atoms with van der Waals surface area (Å²) in [5.41, 5.74) is 0.960. The average Bonchev–Trinajstić information content (AvgIpc) is 2.49. The molecule has 2 amide bonds. The number of likely N-dealkylation sites (tertiary alicyclic amines) is 1. The molecule has 1 aliphatic heterocycles. The van der Waals surface area contributed by atoms with Crippen LogP contribution in [0.4, 0.5) is 9.18 Å². The molecule has 5 nitrogen and oxygen atoms in total. The van der Waals surface area contributed by atoms with Crippen molar-refractivity contribution >= 4 is 12.0 Å². The van der Waals surface area contributed by atoms with E-state index in [-0.39, 0.29) is 17.8 Å². The number of urea groups is 1. The Kier molecular flexibility index (Phi) is 5.14. The number of halogens is 1. The molecule has 0 atom stereocenters. The van der Waals surface area contributed by atoms with E-state index in [4.69, 9.17) is 5.11 Å². The maximum Gasteiger partial charge on any atom is 0.317 e. The number of hydrogen-bond donors (Lipinski definition) is 2. The highest BCUT2D eigenvalue weighted by Gasteiger charge is 2.26. The van der Waals surface area contributed by atoms with Gasteiger partial charge in [-0.1, -0.05) is 12.1 Å². The van der Waals surface area contributed by atoms with Crippen molar-refractivity contribution in [3.05, 3.63) is 35.6 Å². The molecular formula is C15H19FN2O3. The summed E-state index contributed by atoms with van der Waals surface area (Å²) < 4.78 is 12.8. The Hall–Kier alpha value is -2.11. The molecule has 1 fully saturated rings. The molecule has 0 bridgehead atoms. The monoisotopic (exact) mass is 294 g/mol. The van der Waals surface area contributed by atoms with Crippen molar-refractivity contribution in [2.45, 2.75) is 19.3 Å². The molecule has 1 aromatic rings. The van der Waals surface area contributed by atoms with Gasteiger partial charge in [-0.05, 0) is 37.0 Å². The van der Waals surface area contributed by atoms with E-state index >= 15 is 0 Å². The fraction of sp³-hybridized carbons (Fsp3) is 0.467. The molecule has 0 aliphatic carbocycles. The Labute approximate surface area is 122 Å². The third-order valence-corrected chi connectivity index (χ3v) is 3.73. The molecule has 0 spiro atoms. The van der Waals surface area contributed by atoms with E-state index in [0.717, 1.165) is 5.56 Å². The summed E-state index contributed by atoms with van der Waals surface area (Å²) in [6.07, 6.45) is 1.64. The van der Waals surface area contributed by atoms with Gasteiger partial charge in [0.05, 0.1) is 5.92 Å². The van der Waals surface area contributed by atoms with Gasteiger partial charge >= 0.3 is 12.0 Å². The van der Waals surface area contributed by atoms with Gasteiger partial charge in [0.1, 0.15) is 5.82 Å². The second-order valence-corrected chi connectivity index (χ2v) is 5.21. The third kappa shape index (κ3) is 4.44. The second kappa shape index (κ2) is 7.06. The number of piperidine rings is 1. The predicted octanol–water partition coefficient (Wildman–Crippen LogP) is 1.87. The summed E-state index contributed by atoms with van der Waals surface area (Å²) in [6, 6.07) is 6.02. The summed E-state index contributed by atoms with van der Waals surface area (Å²) in [5, 5.41) is 11.7. The fourth-order valence-electron chi connectivity index (χ4n) is 2.41. The minimum Gasteiger partial charge on any atom is -0.481 e. The van der Waals surface area contributed by atoms with Crippen LogP contribution in [0.3, 0.4) is 0 Å². The first-order valence-corrected chi connectivity index (χ1v) is 7.06. The largest absolute Gasteiger partial charge is 0.481 e. The summed E-state index contributed by atoms with van der Waals surface area (Å²) in [5.74, 6) is -1.40. The molecule has 114 valence electrons. The van der Waals surface area contributed by atoms with Crippen molar-refractivity contribution in [2.75, 3.05) is 19.6 Å². The van der Waals surface area contributed by atoms with E-state index < -0.39 is 5.97 Å². The molecule has 21 heavy (non-hydrogen) atoms. The molecule has 0 aromatic heterocycles. The lowest BCUT2D eigenvalue weighted by Gasteiger charge is -2.30. The molecule has 2 N–H and O–H groups in total. The Bertz CT molecular complexity index is 496. The van der Waals surface area contributed by atoms with Crippen LogP contribution >= 0.6 is 0 Å². The van der Waals surface area contributed by atoms with Crippen LogP contribution in [0.2, 0.25) is 0 Å². The quantitative estimate of drug-likeness (QED) is 0.890. The van der Waals surface area contributed by atoms with Crippen LogP contribution in [0.25, 0.3) is 0 Å². The highest BCUT2D eigenvalue weighted by Crippen LogP contribution is 2.17. The van der Waals surface area contributed by atoms with Gasteiger partial charge in [-0.3, -0.25) is 4.79 Å². The van der Waals surface area contributed by atoms with Crippen molar-refractivity contribution in [3.63, 3.8) is 0 Å². The number of rotatable bonds is 4. The number of benzene rings is 1. The molecule has 0 saturated carbocycles. The molecule has 6 heteroatoms. The summed E-state index contributed by atoms with van der Waals surface area (Å²) in [7, 11) is 0. The Morgan fingerprint density at radius 2 is 1.86 bits per heavy atom. The summed E-state index contributed by atoms with van der Waals surface area (Å²) in [6.45, 7) is 1.42. The van der Waals surface area contributed by atoms with Crippen molar-refractivity contribution in [2.24, 2.45) is 5.92 Å². The van der Waals surface area contributed by atoms with Gasteiger partial charge in [0.2, 0.25) is 0 Å². The van der Waals surface area contributed by atoms with E-state index in [1.54, 1.807) is 17.0 Å². The van der Waals surface area contributed by atoms with Gasteiger partial charge in [0, 0.05) is 19.6 Å². The second-order valence-electron chi connectivity index (χ2n) is 5.21. The van der Waals surface area contributed by atoms with Crippen LogP contribution in [0.1, 0.15) is 18.4 Å². The Morgan fingerprint density at radius 3 is 2.43 bits per heavy atom. The molecule has 0 radical (unpaired) electrons. The van der Waals surface area contributed by atoms with Crippen molar-refractivity contribution in [1.29, 1.82) is 0 Å². The average molecular weight is 294 g/mol. The maximum absolute atomic E-state index is 12.8. The number of carbonyl (C=O) groups is 2. The van der Waals surface area contributed by atoms with Crippen LogP contribution < -0.4 is 5.32 Å². The number of aliphatic carboxylic acids is 1. The first-order valence-electron chi connectivity index (χ1n) is 7.06. The number of nitrogens with one attached hydrogen (secondary N) is 1. The molecule has 1 aliphatic rings. The van der Waals surface area contributed by atoms with Crippen molar-refractivity contribution in [1.82, 2.24) is 10.2 Å². The molecular weight excluding hydrogens is 275 g/mol. The third-order valence-electron chi connectivity index (χ3n) is 3.73. The zero-order valence-corrected chi connectivity index (χ0v) is 11.7. The van der Waals surface area contributed by atoms with E-state index in [1.807, 2.05) is 0 Å². The minimum atomic E-state index is -0.786. The van der Waals surface area contributed by atoms with Gasteiger partial charge in [-0.2, -0.15) is 0 Å². The number of amides is 2. The van der Waals surface area contributed by atoms with Gasteiger partial charge in [0.15, 0.2) is 0 Å². The van der Waals surface area contributed by atoms with Crippen LogP contribution in [0.5, 0.6) is 0 Å². The van der Waals surface area contributed by atoms with E-state index in [1.165, 1.54) is 12.1 Å². The number of carboxylic acids is 1. The maximum atomic E-state index is 12.8. The number of nitrogens with zero attached hydrogens (tertiary/aromatic N) is 1. The fourth-order valence-corrected chi connectivity index (χ4v) is 2.41. The Balaban J connectivity index is 1.70. The number of carbonyl (C=O) groups excluding carboxylic acids is 1. The normalized spacial score (nSPS) is 15.8. The van der Waals surface area contributed by atoms with E-state index in [2.05, 4.69) is 5.32 Å². The topological polar surface area (TPSA) is 69.6 Å². The van der Waals surface area contributed by atoms with Crippen LogP contribution in [0, 0.1) is 11.7 Å². The van der Waals surface area contributed by atoms with Gasteiger partial charge in [-0.15, -0.1) is 0 Å². The molecule has 0 unspecified atom stereocenters.